The van der Waals surface area contributed by atoms with E-state index < -0.39 is 5.91 Å². The molecule has 0 radical (unpaired) electrons. The molecule has 1 aromatic rings. The van der Waals surface area contributed by atoms with E-state index in [-0.39, 0.29) is 5.41 Å². The van der Waals surface area contributed by atoms with E-state index in [1.54, 1.807) is 7.11 Å². The maximum Gasteiger partial charge on any atom is 0.241 e. The highest BCUT2D eigenvalue weighted by atomic mass is 16.5. The van der Waals surface area contributed by atoms with E-state index in [0.29, 0.717) is 13.2 Å². The van der Waals surface area contributed by atoms with Crippen LogP contribution in [0.1, 0.15) is 18.4 Å². The van der Waals surface area contributed by atoms with Gasteiger partial charge in [0.2, 0.25) is 5.91 Å². The number of hydrogen-bond donors (Lipinski definition) is 1. The molecule has 0 bridgehead atoms. The first-order chi connectivity index (χ1) is 9.18. The predicted molar refractivity (Wildman–Crippen MR) is 73.1 cm³/mol. The molecule has 0 aromatic heterocycles. The topological polar surface area (TPSA) is 61.5 Å². The van der Waals surface area contributed by atoms with Crippen molar-refractivity contribution in [2.24, 2.45) is 5.73 Å². The lowest BCUT2D eigenvalue weighted by atomic mass is 9.73. The number of rotatable bonds is 4. The van der Waals surface area contributed by atoms with Gasteiger partial charge in [-0.3, -0.25) is 4.79 Å². The Balaban J connectivity index is 2.44. The summed E-state index contributed by atoms with van der Waals surface area (Å²) in [5, 5.41) is 0. The van der Waals surface area contributed by atoms with E-state index in [2.05, 4.69) is 0 Å². The van der Waals surface area contributed by atoms with Crippen LogP contribution < -0.4 is 10.5 Å². The number of methoxy groups -OCH3 is 1. The lowest BCUT2D eigenvalue weighted by Gasteiger charge is -2.36. The molecule has 0 unspecified atom stereocenters. The summed E-state index contributed by atoms with van der Waals surface area (Å²) in [6.07, 6.45) is 4.97. The van der Waals surface area contributed by atoms with Gasteiger partial charge in [0, 0.05) is 24.2 Å². The summed E-state index contributed by atoms with van der Waals surface area (Å²) >= 11 is 0. The lowest BCUT2D eigenvalue weighted by molar-refractivity contribution is -0.113. The van der Waals surface area contributed by atoms with Crippen LogP contribution in [0.5, 0.6) is 5.75 Å². The van der Waals surface area contributed by atoms with Crippen LogP contribution >= 0.6 is 0 Å². The monoisotopic (exact) mass is 261 g/mol. The van der Waals surface area contributed by atoms with Gasteiger partial charge in [-0.15, -0.1) is 0 Å². The van der Waals surface area contributed by atoms with Crippen molar-refractivity contribution in [2.45, 2.75) is 18.3 Å². The number of allylic oxidation sites excluding steroid dienone is 1. The van der Waals surface area contributed by atoms with Crippen LogP contribution in [0.25, 0.3) is 0 Å². The Bertz CT molecular complexity index is 476. The fourth-order valence-electron chi connectivity index (χ4n) is 2.56. The standard InChI is InChI=1S/C15H19NO3/c1-18-13-5-3-2-4-12(13)15(7-6-14(16)17)8-10-19-11-9-15/h2-7H,8-11H2,1H3,(H2,16,17)/b7-6-. The van der Waals surface area contributed by atoms with Crippen LogP contribution in [-0.2, 0) is 14.9 Å². The SMILES string of the molecule is COc1ccccc1C1(/C=C\C(N)=O)CCOCC1. The molecule has 1 aliphatic rings. The minimum Gasteiger partial charge on any atom is -0.496 e. The molecule has 1 aromatic carbocycles. The molecule has 2 rings (SSSR count). The molecule has 4 heteroatoms. The molecule has 1 saturated heterocycles. The van der Waals surface area contributed by atoms with Gasteiger partial charge < -0.3 is 15.2 Å². The summed E-state index contributed by atoms with van der Waals surface area (Å²) in [4.78, 5) is 11.0. The second kappa shape index (κ2) is 5.89. The lowest BCUT2D eigenvalue weighted by Crippen LogP contribution is -2.32. The van der Waals surface area contributed by atoms with Crippen LogP contribution in [-0.4, -0.2) is 26.2 Å². The smallest absolute Gasteiger partial charge is 0.241 e. The maximum atomic E-state index is 11.0. The van der Waals surface area contributed by atoms with Crippen molar-refractivity contribution in [3.63, 3.8) is 0 Å². The molecule has 102 valence electrons. The van der Waals surface area contributed by atoms with Crippen molar-refractivity contribution in [1.29, 1.82) is 0 Å². The van der Waals surface area contributed by atoms with Crippen molar-refractivity contribution in [2.75, 3.05) is 20.3 Å². The highest BCUT2D eigenvalue weighted by Gasteiger charge is 2.34. The van der Waals surface area contributed by atoms with E-state index in [9.17, 15) is 4.79 Å². The van der Waals surface area contributed by atoms with E-state index in [4.69, 9.17) is 15.2 Å². The molecule has 0 spiro atoms. The van der Waals surface area contributed by atoms with Gasteiger partial charge in [0.1, 0.15) is 5.75 Å². The van der Waals surface area contributed by atoms with Gasteiger partial charge in [-0.05, 0) is 25.0 Å². The number of nitrogens with two attached hydrogens (primary N) is 1. The van der Waals surface area contributed by atoms with E-state index in [1.165, 1.54) is 6.08 Å². The average molecular weight is 261 g/mol. The molecular formula is C15H19NO3. The first kappa shape index (κ1) is 13.6. The van der Waals surface area contributed by atoms with E-state index in [1.807, 2.05) is 30.3 Å². The molecule has 0 saturated carbocycles. The molecule has 0 atom stereocenters. The minimum atomic E-state index is -0.430. The zero-order valence-electron chi connectivity index (χ0n) is 11.1. The third kappa shape index (κ3) is 2.96. The summed E-state index contributed by atoms with van der Waals surface area (Å²) in [7, 11) is 1.66. The molecule has 1 aliphatic heterocycles. The number of primary amides is 1. The molecule has 1 heterocycles. The first-order valence-corrected chi connectivity index (χ1v) is 6.38. The summed E-state index contributed by atoms with van der Waals surface area (Å²) < 4.78 is 10.9. The highest BCUT2D eigenvalue weighted by Crippen LogP contribution is 2.40. The first-order valence-electron chi connectivity index (χ1n) is 6.38. The molecule has 19 heavy (non-hydrogen) atoms. The van der Waals surface area contributed by atoms with Crippen LogP contribution in [0.2, 0.25) is 0 Å². The van der Waals surface area contributed by atoms with Gasteiger partial charge in [-0.25, -0.2) is 0 Å². The summed E-state index contributed by atoms with van der Waals surface area (Å²) in [5.41, 5.74) is 6.07. The second-order valence-corrected chi connectivity index (χ2v) is 4.70. The normalized spacial score (nSPS) is 18.4. The predicted octanol–water partition coefficient (Wildman–Crippen LogP) is 1.78. The summed E-state index contributed by atoms with van der Waals surface area (Å²) in [5.74, 6) is 0.402. The van der Waals surface area contributed by atoms with Crippen molar-refractivity contribution < 1.29 is 14.3 Å². The van der Waals surface area contributed by atoms with E-state index in [0.717, 1.165) is 24.2 Å². The van der Waals surface area contributed by atoms with Gasteiger partial charge in [-0.2, -0.15) is 0 Å². The Hall–Kier alpha value is -1.81. The molecular weight excluding hydrogens is 242 g/mol. The summed E-state index contributed by atoms with van der Waals surface area (Å²) in [6.45, 7) is 1.34. The van der Waals surface area contributed by atoms with Crippen LogP contribution in [0, 0.1) is 0 Å². The molecule has 1 amide bonds. The van der Waals surface area contributed by atoms with Crippen molar-refractivity contribution in [3.05, 3.63) is 42.0 Å². The van der Waals surface area contributed by atoms with Gasteiger partial charge >= 0.3 is 0 Å². The zero-order valence-corrected chi connectivity index (χ0v) is 11.1. The Labute approximate surface area is 113 Å². The van der Waals surface area contributed by atoms with Crippen molar-refractivity contribution in [1.82, 2.24) is 0 Å². The quantitative estimate of drug-likeness (QED) is 0.840. The van der Waals surface area contributed by atoms with Crippen molar-refractivity contribution in [3.8, 4) is 5.75 Å². The third-order valence-corrected chi connectivity index (χ3v) is 3.60. The molecule has 2 N–H and O–H groups in total. The van der Waals surface area contributed by atoms with Crippen molar-refractivity contribution >= 4 is 5.91 Å². The van der Waals surface area contributed by atoms with Crippen LogP contribution in [0.3, 0.4) is 0 Å². The Morgan fingerprint density at radius 1 is 1.37 bits per heavy atom. The number of ether oxygens (including phenoxy) is 2. The molecule has 4 nitrogen and oxygen atoms in total. The second-order valence-electron chi connectivity index (χ2n) is 4.70. The molecule has 0 aliphatic carbocycles. The number of carbonyl (C=O) groups excluding carboxylic acids is 1. The summed E-state index contributed by atoms with van der Waals surface area (Å²) in [6, 6.07) is 7.89. The highest BCUT2D eigenvalue weighted by molar-refractivity contribution is 5.86. The Morgan fingerprint density at radius 3 is 2.68 bits per heavy atom. The fourth-order valence-corrected chi connectivity index (χ4v) is 2.56. The molecule has 1 fully saturated rings. The number of carbonyl (C=O) groups is 1. The minimum absolute atomic E-state index is 0.236. The fraction of sp³-hybridized carbons (Fsp3) is 0.400. The number of benzene rings is 1. The van der Waals surface area contributed by atoms with Gasteiger partial charge in [0.05, 0.1) is 7.11 Å². The van der Waals surface area contributed by atoms with Gasteiger partial charge in [0.15, 0.2) is 0 Å². The largest absolute Gasteiger partial charge is 0.496 e. The zero-order chi connectivity index (χ0) is 13.7. The van der Waals surface area contributed by atoms with Gasteiger partial charge in [-0.1, -0.05) is 24.3 Å². The van der Waals surface area contributed by atoms with Crippen LogP contribution in [0.15, 0.2) is 36.4 Å². The van der Waals surface area contributed by atoms with Crippen LogP contribution in [0.4, 0.5) is 0 Å². The van der Waals surface area contributed by atoms with E-state index >= 15 is 0 Å². The average Bonchev–Trinajstić information content (AvgIpc) is 2.46. The Morgan fingerprint density at radius 2 is 2.05 bits per heavy atom. The Kier molecular flexibility index (Phi) is 4.22. The number of amides is 1. The third-order valence-electron chi connectivity index (χ3n) is 3.60. The number of para-hydroxylation sites is 1. The maximum absolute atomic E-state index is 11.0. The number of hydrogen-bond acceptors (Lipinski definition) is 3. The van der Waals surface area contributed by atoms with Gasteiger partial charge in [0.25, 0.3) is 0 Å².